The molecule has 0 radical (unpaired) electrons. The van der Waals surface area contributed by atoms with Crippen molar-refractivity contribution < 1.29 is 19.3 Å². The zero-order chi connectivity index (χ0) is 15.6. The first-order chi connectivity index (χ1) is 10.8. The minimum Gasteiger partial charge on any atom is -0.491 e. The van der Waals surface area contributed by atoms with Crippen LogP contribution in [0.25, 0.3) is 0 Å². The van der Waals surface area contributed by atoms with Crippen molar-refractivity contribution >= 4 is 0 Å². The number of methoxy groups -OCH3 is 1. The zero-order valence-electron chi connectivity index (χ0n) is 12.8. The van der Waals surface area contributed by atoms with Gasteiger partial charge in [-0.05, 0) is 36.2 Å². The molecule has 4 nitrogen and oxygen atoms in total. The van der Waals surface area contributed by atoms with Crippen molar-refractivity contribution in [3.8, 4) is 11.5 Å². The van der Waals surface area contributed by atoms with Crippen molar-refractivity contribution in [3.05, 3.63) is 60.2 Å². The number of hydrogen-bond donors (Lipinski definition) is 1. The lowest BCUT2D eigenvalue weighted by molar-refractivity contribution is 0.0626. The average Bonchev–Trinajstić information content (AvgIpc) is 2.58. The minimum atomic E-state index is -0.673. The van der Waals surface area contributed by atoms with Gasteiger partial charge in [0, 0.05) is 7.11 Å². The first-order valence-corrected chi connectivity index (χ1v) is 7.34. The highest BCUT2D eigenvalue weighted by atomic mass is 16.5. The third-order valence-electron chi connectivity index (χ3n) is 3.15. The Bertz CT molecular complexity index is 525. The normalized spacial score (nSPS) is 11.9. The van der Waals surface area contributed by atoms with E-state index in [0.29, 0.717) is 6.61 Å². The van der Waals surface area contributed by atoms with Crippen LogP contribution in [0.3, 0.4) is 0 Å². The molecule has 1 N–H and O–H groups in total. The summed E-state index contributed by atoms with van der Waals surface area (Å²) < 4.78 is 16.1. The largest absolute Gasteiger partial charge is 0.491 e. The van der Waals surface area contributed by atoms with Gasteiger partial charge in [0.15, 0.2) is 0 Å². The summed E-state index contributed by atoms with van der Waals surface area (Å²) in [4.78, 5) is 0. The molecule has 0 aliphatic rings. The SMILES string of the molecule is COCCc1ccc(OCC(O)COc2ccccc2)cc1. The summed E-state index contributed by atoms with van der Waals surface area (Å²) in [5.41, 5.74) is 1.20. The fourth-order valence-corrected chi connectivity index (χ4v) is 1.92. The Hall–Kier alpha value is -2.04. The maximum absolute atomic E-state index is 9.88. The topological polar surface area (TPSA) is 47.9 Å². The summed E-state index contributed by atoms with van der Waals surface area (Å²) in [6.45, 7) is 1.11. The molecule has 2 rings (SSSR count). The summed E-state index contributed by atoms with van der Waals surface area (Å²) in [5, 5.41) is 9.88. The molecule has 0 saturated heterocycles. The standard InChI is InChI=1S/C18H22O4/c1-20-12-11-15-7-9-18(10-8-15)22-14-16(19)13-21-17-5-3-2-4-6-17/h2-10,16,19H,11-14H2,1H3. The van der Waals surface area contributed by atoms with E-state index in [0.717, 1.165) is 17.9 Å². The lowest BCUT2D eigenvalue weighted by Gasteiger charge is -2.13. The molecule has 118 valence electrons. The van der Waals surface area contributed by atoms with Crippen LogP contribution in [0.15, 0.2) is 54.6 Å². The number of hydrogen-bond acceptors (Lipinski definition) is 4. The monoisotopic (exact) mass is 302 g/mol. The van der Waals surface area contributed by atoms with Crippen molar-refractivity contribution in [3.63, 3.8) is 0 Å². The van der Waals surface area contributed by atoms with Gasteiger partial charge in [-0.1, -0.05) is 30.3 Å². The number of rotatable bonds is 9. The van der Waals surface area contributed by atoms with E-state index in [-0.39, 0.29) is 13.2 Å². The minimum absolute atomic E-state index is 0.199. The van der Waals surface area contributed by atoms with Crippen LogP contribution in [0.1, 0.15) is 5.56 Å². The fraction of sp³-hybridized carbons (Fsp3) is 0.333. The number of benzene rings is 2. The van der Waals surface area contributed by atoms with Crippen LogP contribution in [-0.4, -0.2) is 38.1 Å². The highest BCUT2D eigenvalue weighted by Gasteiger charge is 2.06. The highest BCUT2D eigenvalue weighted by Crippen LogP contribution is 2.13. The summed E-state index contributed by atoms with van der Waals surface area (Å²) in [6.07, 6.45) is 0.206. The maximum atomic E-state index is 9.88. The van der Waals surface area contributed by atoms with Gasteiger partial charge < -0.3 is 19.3 Å². The van der Waals surface area contributed by atoms with Crippen molar-refractivity contribution in [2.45, 2.75) is 12.5 Å². The van der Waals surface area contributed by atoms with Crippen molar-refractivity contribution in [2.75, 3.05) is 26.9 Å². The third-order valence-corrected chi connectivity index (χ3v) is 3.15. The molecule has 2 aromatic carbocycles. The van der Waals surface area contributed by atoms with Crippen LogP contribution in [0.5, 0.6) is 11.5 Å². The van der Waals surface area contributed by atoms with E-state index in [1.54, 1.807) is 7.11 Å². The number of aliphatic hydroxyl groups excluding tert-OH is 1. The van der Waals surface area contributed by atoms with Gasteiger partial charge in [-0.25, -0.2) is 0 Å². The van der Waals surface area contributed by atoms with Crippen LogP contribution in [0.4, 0.5) is 0 Å². The Labute approximate surface area is 131 Å². The molecule has 4 heteroatoms. The Morgan fingerprint density at radius 3 is 2.05 bits per heavy atom. The van der Waals surface area contributed by atoms with E-state index < -0.39 is 6.10 Å². The molecule has 0 bridgehead atoms. The molecule has 0 spiro atoms. The second-order valence-corrected chi connectivity index (χ2v) is 4.98. The molecule has 0 amide bonds. The predicted molar refractivity (Wildman–Crippen MR) is 85.5 cm³/mol. The van der Waals surface area contributed by atoms with Crippen LogP contribution in [0, 0.1) is 0 Å². The number of aliphatic hydroxyl groups is 1. The molecule has 0 aliphatic carbocycles. The third kappa shape index (κ3) is 5.76. The van der Waals surface area contributed by atoms with E-state index in [9.17, 15) is 5.11 Å². The van der Waals surface area contributed by atoms with Gasteiger partial charge in [-0.3, -0.25) is 0 Å². The summed E-state index contributed by atoms with van der Waals surface area (Å²) in [5.74, 6) is 1.48. The molecule has 0 aliphatic heterocycles. The van der Waals surface area contributed by atoms with Gasteiger partial charge >= 0.3 is 0 Å². The van der Waals surface area contributed by atoms with Gasteiger partial charge in [0.2, 0.25) is 0 Å². The first-order valence-electron chi connectivity index (χ1n) is 7.34. The van der Waals surface area contributed by atoms with Crippen LogP contribution < -0.4 is 9.47 Å². The molecular weight excluding hydrogens is 280 g/mol. The van der Waals surface area contributed by atoms with Gasteiger partial charge in [0.1, 0.15) is 30.8 Å². The van der Waals surface area contributed by atoms with E-state index in [2.05, 4.69) is 0 Å². The highest BCUT2D eigenvalue weighted by molar-refractivity contribution is 5.27. The van der Waals surface area contributed by atoms with Gasteiger partial charge in [0.25, 0.3) is 0 Å². The molecule has 2 aromatic rings. The number of ether oxygens (including phenoxy) is 3. The van der Waals surface area contributed by atoms with Gasteiger partial charge in [-0.15, -0.1) is 0 Å². The van der Waals surface area contributed by atoms with E-state index >= 15 is 0 Å². The second kappa shape index (κ2) is 9.07. The van der Waals surface area contributed by atoms with E-state index in [4.69, 9.17) is 14.2 Å². The maximum Gasteiger partial charge on any atom is 0.122 e. The fourth-order valence-electron chi connectivity index (χ4n) is 1.92. The molecule has 0 aromatic heterocycles. The summed E-state index contributed by atoms with van der Waals surface area (Å²) in [6, 6.07) is 17.2. The predicted octanol–water partition coefficient (Wildman–Crippen LogP) is 2.69. The number of para-hydroxylation sites is 1. The smallest absolute Gasteiger partial charge is 0.122 e. The van der Waals surface area contributed by atoms with Gasteiger partial charge in [-0.2, -0.15) is 0 Å². The van der Waals surface area contributed by atoms with Crippen molar-refractivity contribution in [2.24, 2.45) is 0 Å². The van der Waals surface area contributed by atoms with E-state index in [1.807, 2.05) is 54.6 Å². The first kappa shape index (κ1) is 16.3. The molecule has 0 saturated carbocycles. The molecule has 0 heterocycles. The molecular formula is C18H22O4. The zero-order valence-corrected chi connectivity index (χ0v) is 12.8. The Kier molecular flexibility index (Phi) is 6.74. The van der Waals surface area contributed by atoms with Crippen LogP contribution in [0.2, 0.25) is 0 Å². The Morgan fingerprint density at radius 2 is 1.45 bits per heavy atom. The summed E-state index contributed by atoms with van der Waals surface area (Å²) >= 11 is 0. The average molecular weight is 302 g/mol. The van der Waals surface area contributed by atoms with Crippen molar-refractivity contribution in [1.29, 1.82) is 0 Å². The van der Waals surface area contributed by atoms with Crippen LogP contribution in [-0.2, 0) is 11.2 Å². The lowest BCUT2D eigenvalue weighted by atomic mass is 10.1. The molecule has 22 heavy (non-hydrogen) atoms. The summed E-state index contributed by atoms with van der Waals surface area (Å²) in [7, 11) is 1.69. The second-order valence-electron chi connectivity index (χ2n) is 4.98. The lowest BCUT2D eigenvalue weighted by Crippen LogP contribution is -2.25. The Balaban J connectivity index is 1.70. The van der Waals surface area contributed by atoms with Gasteiger partial charge in [0.05, 0.1) is 6.61 Å². The van der Waals surface area contributed by atoms with Crippen molar-refractivity contribution in [1.82, 2.24) is 0 Å². The molecule has 0 fully saturated rings. The molecule has 1 unspecified atom stereocenters. The quantitative estimate of drug-likeness (QED) is 0.773. The Morgan fingerprint density at radius 1 is 0.864 bits per heavy atom. The van der Waals surface area contributed by atoms with E-state index in [1.165, 1.54) is 5.56 Å². The van der Waals surface area contributed by atoms with Crippen LogP contribution >= 0.6 is 0 Å². The molecule has 1 atom stereocenters.